The molecule has 0 atom stereocenters. The average molecular weight is 601 g/mol. The lowest BCUT2D eigenvalue weighted by Gasteiger charge is -2.10. The predicted molar refractivity (Wildman–Crippen MR) is 142 cm³/mol. The average Bonchev–Trinajstić information content (AvgIpc) is 3.50. The van der Waals surface area contributed by atoms with Gasteiger partial charge in [0.2, 0.25) is 0 Å². The Bertz CT molecular complexity index is 1500. The molecule has 0 bridgehead atoms. The molecule has 1 aliphatic carbocycles. The number of methoxy groups -OCH3 is 1. The summed E-state index contributed by atoms with van der Waals surface area (Å²) in [5.41, 5.74) is 2.01. The highest BCUT2D eigenvalue weighted by Crippen LogP contribution is 2.45. The van der Waals surface area contributed by atoms with Gasteiger partial charge in [0.25, 0.3) is 0 Å². The molecule has 1 aliphatic rings. The van der Waals surface area contributed by atoms with Gasteiger partial charge in [-0.15, -0.1) is 13.2 Å². The molecule has 39 heavy (non-hydrogen) atoms. The van der Waals surface area contributed by atoms with Gasteiger partial charge in [-0.25, -0.2) is 9.78 Å². The van der Waals surface area contributed by atoms with Crippen molar-refractivity contribution in [2.75, 3.05) is 25.5 Å². The van der Waals surface area contributed by atoms with E-state index < -0.39 is 18.1 Å². The smallest absolute Gasteiger partial charge is 0.465 e. The van der Waals surface area contributed by atoms with Gasteiger partial charge in [0.1, 0.15) is 17.0 Å². The molecule has 0 aliphatic heterocycles. The van der Waals surface area contributed by atoms with E-state index in [4.69, 9.17) is 27.7 Å². The first kappa shape index (κ1) is 27.5. The standard InChI is InChI=1S/C25H21Cl2F3N4O4S/c1-36-23(35)13-9-17(37-25(28,29)30)21-18(10-13)39-24(33-21)32-8-7-31-11-14-20(34-38-22(14)12-5-6-12)19-15(26)3-2-4-16(19)27/h2-4,9-10,12,31H,5-8,11H2,1H3,(H,32,33). The van der Waals surface area contributed by atoms with E-state index in [1.54, 1.807) is 18.2 Å². The van der Waals surface area contributed by atoms with Crippen LogP contribution >= 0.6 is 34.5 Å². The monoisotopic (exact) mass is 600 g/mol. The Morgan fingerprint density at radius 2 is 1.95 bits per heavy atom. The van der Waals surface area contributed by atoms with Gasteiger partial charge < -0.3 is 24.6 Å². The third-order valence-corrected chi connectivity index (χ3v) is 7.54. The molecule has 2 heterocycles. The second-order valence-electron chi connectivity index (χ2n) is 8.73. The molecule has 2 N–H and O–H groups in total. The number of fused-ring (bicyclic) bond motifs is 1. The molecule has 206 valence electrons. The van der Waals surface area contributed by atoms with Crippen molar-refractivity contribution >= 4 is 55.9 Å². The van der Waals surface area contributed by atoms with Crippen LogP contribution in [-0.2, 0) is 11.3 Å². The molecule has 0 radical (unpaired) electrons. The van der Waals surface area contributed by atoms with Gasteiger partial charge in [-0.2, -0.15) is 0 Å². The van der Waals surface area contributed by atoms with Crippen LogP contribution in [0.3, 0.4) is 0 Å². The number of benzene rings is 2. The Morgan fingerprint density at radius 3 is 2.62 bits per heavy atom. The van der Waals surface area contributed by atoms with Crippen molar-refractivity contribution in [1.29, 1.82) is 0 Å². The van der Waals surface area contributed by atoms with E-state index in [2.05, 4.69) is 30.2 Å². The second kappa shape index (κ2) is 11.2. The van der Waals surface area contributed by atoms with E-state index in [-0.39, 0.29) is 11.1 Å². The summed E-state index contributed by atoms with van der Waals surface area (Å²) < 4.78 is 53.6. The number of carbonyl (C=O) groups excluding carboxylic acids is 1. The van der Waals surface area contributed by atoms with Crippen LogP contribution in [0.5, 0.6) is 5.75 Å². The topological polar surface area (TPSA) is 98.5 Å². The summed E-state index contributed by atoms with van der Waals surface area (Å²) in [5, 5.41) is 12.0. The summed E-state index contributed by atoms with van der Waals surface area (Å²) in [5.74, 6) is -0.235. The lowest BCUT2D eigenvalue weighted by atomic mass is 10.0. The lowest BCUT2D eigenvalue weighted by molar-refractivity contribution is -0.274. The summed E-state index contributed by atoms with van der Waals surface area (Å²) in [7, 11) is 1.14. The van der Waals surface area contributed by atoms with Gasteiger partial charge in [0, 0.05) is 36.7 Å². The molecular weight excluding hydrogens is 580 g/mol. The van der Waals surface area contributed by atoms with Crippen molar-refractivity contribution in [2.24, 2.45) is 0 Å². The Morgan fingerprint density at radius 1 is 1.21 bits per heavy atom. The number of nitrogens with one attached hydrogen (secondary N) is 2. The highest BCUT2D eigenvalue weighted by atomic mass is 35.5. The maximum absolute atomic E-state index is 12.9. The van der Waals surface area contributed by atoms with Gasteiger partial charge in [0.05, 0.1) is 27.4 Å². The summed E-state index contributed by atoms with van der Waals surface area (Å²) in [6.45, 7) is 1.34. The maximum atomic E-state index is 12.9. The number of thiazole rings is 1. The first-order valence-electron chi connectivity index (χ1n) is 11.8. The first-order chi connectivity index (χ1) is 18.6. The SMILES string of the molecule is COC(=O)c1cc(OC(F)(F)F)c2nc(NCCNCc3c(-c4c(Cl)cccc4Cl)noc3C3CC3)sc2c1. The summed E-state index contributed by atoms with van der Waals surface area (Å²) in [4.78, 5) is 16.2. The number of carbonyl (C=O) groups is 1. The Labute approximate surface area is 234 Å². The molecule has 0 amide bonds. The maximum Gasteiger partial charge on any atom is 0.573 e. The summed E-state index contributed by atoms with van der Waals surface area (Å²) in [6, 6.07) is 7.62. The number of nitrogens with zero attached hydrogens (tertiary/aromatic N) is 2. The van der Waals surface area contributed by atoms with E-state index in [1.165, 1.54) is 6.07 Å². The van der Waals surface area contributed by atoms with Crippen LogP contribution < -0.4 is 15.4 Å². The molecule has 4 aromatic rings. The van der Waals surface area contributed by atoms with Gasteiger partial charge in [-0.05, 0) is 37.1 Å². The van der Waals surface area contributed by atoms with Crippen LogP contribution in [0.4, 0.5) is 18.3 Å². The Balaban J connectivity index is 1.27. The quantitative estimate of drug-likeness (QED) is 0.148. The minimum absolute atomic E-state index is 0.0137. The van der Waals surface area contributed by atoms with E-state index in [1.807, 2.05) is 0 Å². The third-order valence-electron chi connectivity index (χ3n) is 5.95. The van der Waals surface area contributed by atoms with Crippen LogP contribution in [0, 0.1) is 0 Å². The van der Waals surface area contributed by atoms with Crippen molar-refractivity contribution in [1.82, 2.24) is 15.5 Å². The fourth-order valence-corrected chi connectivity index (χ4v) is 5.59. The first-order valence-corrected chi connectivity index (χ1v) is 13.4. The molecule has 14 heteroatoms. The summed E-state index contributed by atoms with van der Waals surface area (Å²) >= 11 is 13.9. The van der Waals surface area contributed by atoms with E-state index in [0.29, 0.717) is 56.7 Å². The van der Waals surface area contributed by atoms with Crippen molar-refractivity contribution < 1.29 is 32.0 Å². The number of alkyl halides is 3. The van der Waals surface area contributed by atoms with Crippen molar-refractivity contribution in [2.45, 2.75) is 31.7 Å². The number of hydrogen-bond donors (Lipinski definition) is 2. The van der Waals surface area contributed by atoms with Crippen LogP contribution in [0.15, 0.2) is 34.9 Å². The van der Waals surface area contributed by atoms with Crippen LogP contribution in [0.1, 0.15) is 40.4 Å². The lowest BCUT2D eigenvalue weighted by Crippen LogP contribution is -2.22. The third kappa shape index (κ3) is 6.24. The summed E-state index contributed by atoms with van der Waals surface area (Å²) in [6.07, 6.45) is -2.90. The molecule has 1 saturated carbocycles. The van der Waals surface area contributed by atoms with Gasteiger partial charge >= 0.3 is 12.3 Å². The predicted octanol–water partition coefficient (Wildman–Crippen LogP) is 7.02. The van der Waals surface area contributed by atoms with Crippen LogP contribution in [0.2, 0.25) is 10.0 Å². The minimum Gasteiger partial charge on any atom is -0.465 e. The van der Waals surface area contributed by atoms with Gasteiger partial charge in [-0.3, -0.25) is 0 Å². The Hall–Kier alpha value is -3.06. The molecule has 2 aromatic carbocycles. The number of esters is 1. The van der Waals surface area contributed by atoms with E-state index in [0.717, 1.165) is 48.7 Å². The second-order valence-corrected chi connectivity index (χ2v) is 10.6. The largest absolute Gasteiger partial charge is 0.573 e. The normalized spacial score (nSPS) is 13.6. The molecule has 0 spiro atoms. The van der Waals surface area contributed by atoms with Crippen molar-refractivity contribution in [3.8, 4) is 17.0 Å². The van der Waals surface area contributed by atoms with Gasteiger partial charge in [-0.1, -0.05) is 45.8 Å². The zero-order valence-electron chi connectivity index (χ0n) is 20.3. The van der Waals surface area contributed by atoms with E-state index >= 15 is 0 Å². The number of aromatic nitrogens is 2. The van der Waals surface area contributed by atoms with E-state index in [9.17, 15) is 18.0 Å². The molecule has 0 saturated heterocycles. The number of anilines is 1. The molecule has 1 fully saturated rings. The van der Waals surface area contributed by atoms with Gasteiger partial charge in [0.15, 0.2) is 10.9 Å². The zero-order valence-corrected chi connectivity index (χ0v) is 22.7. The molecular formula is C25H21Cl2F3N4O4S. The van der Waals surface area contributed by atoms with Crippen LogP contribution in [-0.4, -0.2) is 42.7 Å². The fourth-order valence-electron chi connectivity index (χ4n) is 4.06. The number of ether oxygens (including phenoxy) is 2. The molecule has 2 aromatic heterocycles. The fraction of sp³-hybridized carbons (Fsp3) is 0.320. The highest BCUT2D eigenvalue weighted by Gasteiger charge is 2.34. The zero-order chi connectivity index (χ0) is 27.7. The minimum atomic E-state index is -4.95. The molecule has 0 unspecified atom stereocenters. The number of halogens is 5. The van der Waals surface area contributed by atoms with Crippen molar-refractivity contribution in [3.63, 3.8) is 0 Å². The van der Waals surface area contributed by atoms with Crippen molar-refractivity contribution in [3.05, 3.63) is 57.3 Å². The number of hydrogen-bond acceptors (Lipinski definition) is 9. The molecule has 8 nitrogen and oxygen atoms in total. The molecule has 5 rings (SSSR count). The number of rotatable bonds is 10. The van der Waals surface area contributed by atoms with Crippen LogP contribution in [0.25, 0.3) is 21.5 Å². The highest BCUT2D eigenvalue weighted by molar-refractivity contribution is 7.22. The Kier molecular flexibility index (Phi) is 7.90.